The lowest BCUT2D eigenvalue weighted by Gasteiger charge is -2.15. The molecule has 0 aromatic carbocycles. The maximum atomic E-state index is 10.9. The number of hydrogen-bond acceptors (Lipinski definition) is 4. The van der Waals surface area contributed by atoms with Crippen molar-refractivity contribution in [3.63, 3.8) is 0 Å². The van der Waals surface area contributed by atoms with Crippen LogP contribution < -0.4 is 0 Å². The number of hydrogen-bond donors (Lipinski definition) is 0. The number of rotatable bonds is 6. The van der Waals surface area contributed by atoms with Crippen molar-refractivity contribution >= 4 is 25.4 Å². The SMILES string of the molecule is C[Si](C)(C)CCOCn1ccc2c(C=O)ncnc21. The Morgan fingerprint density at radius 2 is 2.16 bits per heavy atom. The fourth-order valence-corrected chi connectivity index (χ4v) is 2.52. The molecule has 2 aromatic heterocycles. The summed E-state index contributed by atoms with van der Waals surface area (Å²) >= 11 is 0. The number of fused-ring (bicyclic) bond motifs is 1. The van der Waals surface area contributed by atoms with Gasteiger partial charge in [-0.3, -0.25) is 4.79 Å². The largest absolute Gasteiger partial charge is 0.361 e. The molecule has 0 radical (unpaired) electrons. The molecule has 2 aromatic rings. The molecule has 0 spiro atoms. The topological polar surface area (TPSA) is 57.0 Å². The Balaban J connectivity index is 2.04. The normalized spacial score (nSPS) is 11.9. The fourth-order valence-electron chi connectivity index (χ4n) is 1.76. The van der Waals surface area contributed by atoms with Crippen molar-refractivity contribution in [3.05, 3.63) is 24.3 Å². The van der Waals surface area contributed by atoms with Crippen LogP contribution >= 0.6 is 0 Å². The van der Waals surface area contributed by atoms with Gasteiger partial charge < -0.3 is 9.30 Å². The summed E-state index contributed by atoms with van der Waals surface area (Å²) in [5.74, 6) is 0. The Bertz CT molecular complexity index is 575. The van der Waals surface area contributed by atoms with Gasteiger partial charge in [-0.25, -0.2) is 9.97 Å². The predicted octanol–water partition coefficient (Wildman–Crippen LogP) is 2.56. The first-order valence-electron chi connectivity index (χ1n) is 6.34. The fraction of sp³-hybridized carbons (Fsp3) is 0.462. The summed E-state index contributed by atoms with van der Waals surface area (Å²) in [5.41, 5.74) is 1.16. The van der Waals surface area contributed by atoms with Crippen LogP contribution in [0.4, 0.5) is 0 Å². The van der Waals surface area contributed by atoms with E-state index in [1.165, 1.54) is 6.33 Å². The van der Waals surface area contributed by atoms with Crippen LogP contribution in [0.25, 0.3) is 11.0 Å². The molecule has 0 fully saturated rings. The lowest BCUT2D eigenvalue weighted by atomic mass is 10.3. The quantitative estimate of drug-likeness (QED) is 0.462. The summed E-state index contributed by atoms with van der Waals surface area (Å²) in [4.78, 5) is 19.0. The molecule has 19 heavy (non-hydrogen) atoms. The van der Waals surface area contributed by atoms with Gasteiger partial charge in [0.15, 0.2) is 6.29 Å². The standard InChI is InChI=1S/C13H19N3O2Si/c1-19(2,3)7-6-18-10-16-5-4-11-12(8-17)14-9-15-13(11)16/h4-5,8-9H,6-7,10H2,1-3H3. The van der Waals surface area contributed by atoms with Crippen LogP contribution in [0, 0.1) is 0 Å². The van der Waals surface area contributed by atoms with E-state index in [1.54, 1.807) is 0 Å². The van der Waals surface area contributed by atoms with Gasteiger partial charge in [-0.05, 0) is 12.1 Å². The minimum Gasteiger partial charge on any atom is -0.361 e. The van der Waals surface area contributed by atoms with Crippen LogP contribution in [0.5, 0.6) is 0 Å². The molecule has 6 heteroatoms. The summed E-state index contributed by atoms with van der Waals surface area (Å²) in [6.07, 6.45) is 4.03. The summed E-state index contributed by atoms with van der Waals surface area (Å²) < 4.78 is 7.58. The van der Waals surface area contributed by atoms with Crippen molar-refractivity contribution in [2.24, 2.45) is 0 Å². The number of carbonyl (C=O) groups is 1. The maximum absolute atomic E-state index is 10.9. The van der Waals surface area contributed by atoms with Crippen LogP contribution in [-0.4, -0.2) is 35.5 Å². The average Bonchev–Trinajstić information content (AvgIpc) is 2.76. The van der Waals surface area contributed by atoms with Gasteiger partial charge >= 0.3 is 0 Å². The van der Waals surface area contributed by atoms with Gasteiger partial charge in [0.25, 0.3) is 0 Å². The van der Waals surface area contributed by atoms with Crippen LogP contribution in [0.2, 0.25) is 25.7 Å². The van der Waals surface area contributed by atoms with Gasteiger partial charge in [-0.1, -0.05) is 19.6 Å². The second kappa shape index (κ2) is 5.62. The molecule has 0 aliphatic carbocycles. The van der Waals surface area contributed by atoms with Crippen molar-refractivity contribution in [1.29, 1.82) is 0 Å². The maximum Gasteiger partial charge on any atom is 0.169 e. The second-order valence-corrected chi connectivity index (χ2v) is 11.4. The van der Waals surface area contributed by atoms with Crippen molar-refractivity contribution in [2.45, 2.75) is 32.4 Å². The van der Waals surface area contributed by atoms with E-state index in [1.807, 2.05) is 16.8 Å². The Labute approximate surface area is 113 Å². The van der Waals surface area contributed by atoms with E-state index in [0.29, 0.717) is 12.4 Å². The molecule has 2 rings (SSSR count). The molecule has 0 atom stereocenters. The molecular formula is C13H19N3O2Si. The second-order valence-electron chi connectivity index (χ2n) is 5.75. The van der Waals surface area contributed by atoms with Gasteiger partial charge in [-0.15, -0.1) is 0 Å². The molecular weight excluding hydrogens is 258 g/mol. The number of ether oxygens (including phenoxy) is 1. The minimum absolute atomic E-state index is 0.422. The third-order valence-corrected chi connectivity index (χ3v) is 4.63. The zero-order valence-electron chi connectivity index (χ0n) is 11.6. The predicted molar refractivity (Wildman–Crippen MR) is 77.0 cm³/mol. The van der Waals surface area contributed by atoms with E-state index in [4.69, 9.17) is 4.74 Å². The van der Waals surface area contributed by atoms with E-state index in [9.17, 15) is 4.79 Å². The monoisotopic (exact) mass is 277 g/mol. The van der Waals surface area contributed by atoms with Gasteiger partial charge in [0.2, 0.25) is 0 Å². The van der Waals surface area contributed by atoms with E-state index < -0.39 is 8.07 Å². The highest BCUT2D eigenvalue weighted by Crippen LogP contribution is 2.15. The molecule has 0 bridgehead atoms. The number of aromatic nitrogens is 3. The van der Waals surface area contributed by atoms with Gasteiger partial charge in [0.1, 0.15) is 24.4 Å². The summed E-state index contributed by atoms with van der Waals surface area (Å²) in [6, 6.07) is 2.99. The molecule has 102 valence electrons. The van der Waals surface area contributed by atoms with Gasteiger partial charge in [0, 0.05) is 26.3 Å². The Hall–Kier alpha value is -1.53. The third-order valence-electron chi connectivity index (χ3n) is 2.93. The highest BCUT2D eigenvalue weighted by atomic mass is 28.3. The van der Waals surface area contributed by atoms with Crippen LogP contribution in [0.15, 0.2) is 18.6 Å². The van der Waals surface area contributed by atoms with Crippen molar-refractivity contribution in [3.8, 4) is 0 Å². The Morgan fingerprint density at radius 1 is 1.37 bits per heavy atom. The lowest BCUT2D eigenvalue weighted by molar-refractivity contribution is 0.0898. The number of nitrogens with zero attached hydrogens (tertiary/aromatic N) is 3. The van der Waals surface area contributed by atoms with Crippen molar-refractivity contribution in [2.75, 3.05) is 6.61 Å². The van der Waals surface area contributed by atoms with E-state index >= 15 is 0 Å². The lowest BCUT2D eigenvalue weighted by Crippen LogP contribution is -2.22. The summed E-state index contributed by atoms with van der Waals surface area (Å²) in [7, 11) is -1.05. The van der Waals surface area contributed by atoms with Gasteiger partial charge in [0.05, 0.1) is 0 Å². The Kier molecular flexibility index (Phi) is 4.11. The van der Waals surface area contributed by atoms with E-state index in [-0.39, 0.29) is 0 Å². The van der Waals surface area contributed by atoms with Crippen LogP contribution in [-0.2, 0) is 11.5 Å². The summed E-state index contributed by atoms with van der Waals surface area (Å²) in [6.45, 7) is 8.20. The third kappa shape index (κ3) is 3.48. The molecule has 5 nitrogen and oxygen atoms in total. The van der Waals surface area contributed by atoms with Crippen molar-refractivity contribution < 1.29 is 9.53 Å². The molecule has 0 unspecified atom stereocenters. The number of carbonyl (C=O) groups excluding carboxylic acids is 1. The van der Waals surface area contributed by atoms with Crippen LogP contribution in [0.3, 0.4) is 0 Å². The molecule has 0 aliphatic rings. The first-order chi connectivity index (χ1) is 9.01. The zero-order chi connectivity index (χ0) is 13.9. The Morgan fingerprint density at radius 3 is 2.84 bits per heavy atom. The van der Waals surface area contributed by atoms with E-state index in [0.717, 1.165) is 30.0 Å². The first-order valence-corrected chi connectivity index (χ1v) is 10.0. The molecule has 2 heterocycles. The minimum atomic E-state index is -1.05. The average molecular weight is 277 g/mol. The first kappa shape index (κ1) is 13.9. The smallest absolute Gasteiger partial charge is 0.169 e. The highest BCUT2D eigenvalue weighted by Gasteiger charge is 2.12. The summed E-state index contributed by atoms with van der Waals surface area (Å²) in [5, 5.41) is 0.770. The molecule has 0 saturated heterocycles. The van der Waals surface area contributed by atoms with E-state index in [2.05, 4.69) is 29.6 Å². The molecule has 0 N–H and O–H groups in total. The molecule has 0 saturated carbocycles. The molecule has 0 amide bonds. The van der Waals surface area contributed by atoms with Gasteiger partial charge in [-0.2, -0.15) is 0 Å². The molecule has 0 aliphatic heterocycles. The number of aldehydes is 1. The van der Waals surface area contributed by atoms with Crippen LogP contribution in [0.1, 0.15) is 10.5 Å². The van der Waals surface area contributed by atoms with Crippen molar-refractivity contribution in [1.82, 2.24) is 14.5 Å². The highest BCUT2D eigenvalue weighted by molar-refractivity contribution is 6.76. The zero-order valence-corrected chi connectivity index (χ0v) is 12.6.